The van der Waals surface area contributed by atoms with Gasteiger partial charge in [0.1, 0.15) is 11.3 Å². The summed E-state index contributed by atoms with van der Waals surface area (Å²) in [7, 11) is 3.02. The molecule has 0 aliphatic heterocycles. The number of rotatable bonds is 6. The minimum atomic E-state index is -0.705. The van der Waals surface area contributed by atoms with Crippen LogP contribution in [0.15, 0.2) is 24.3 Å². The molecule has 1 aromatic carbocycles. The van der Waals surface area contributed by atoms with E-state index in [0.29, 0.717) is 18.6 Å². The van der Waals surface area contributed by atoms with Gasteiger partial charge in [-0.25, -0.2) is 4.79 Å². The van der Waals surface area contributed by atoms with Gasteiger partial charge in [-0.1, -0.05) is 26.0 Å². The van der Waals surface area contributed by atoms with Gasteiger partial charge in [0.15, 0.2) is 0 Å². The molecule has 1 aromatic rings. The van der Waals surface area contributed by atoms with Crippen molar-refractivity contribution < 1.29 is 14.3 Å². The van der Waals surface area contributed by atoms with Gasteiger partial charge in [-0.05, 0) is 25.0 Å². The fraction of sp³-hybridized carbons (Fsp3) is 0.500. The molecule has 100 valence electrons. The molecule has 0 aromatic heterocycles. The van der Waals surface area contributed by atoms with Gasteiger partial charge < -0.3 is 14.8 Å². The number of carbonyl (C=O) groups is 1. The van der Waals surface area contributed by atoms with Gasteiger partial charge >= 0.3 is 5.97 Å². The lowest BCUT2D eigenvalue weighted by Gasteiger charge is -2.31. The molecule has 0 spiro atoms. The van der Waals surface area contributed by atoms with E-state index in [4.69, 9.17) is 9.47 Å². The van der Waals surface area contributed by atoms with Crippen molar-refractivity contribution >= 4 is 11.7 Å². The van der Waals surface area contributed by atoms with E-state index < -0.39 is 5.54 Å². The van der Waals surface area contributed by atoms with E-state index in [-0.39, 0.29) is 5.97 Å². The molecule has 1 rings (SSSR count). The average molecular weight is 251 g/mol. The number of para-hydroxylation sites is 2. The Labute approximate surface area is 108 Å². The molecule has 0 fully saturated rings. The average Bonchev–Trinajstić information content (AvgIpc) is 2.44. The van der Waals surface area contributed by atoms with Gasteiger partial charge in [-0.2, -0.15) is 0 Å². The first-order chi connectivity index (χ1) is 8.63. The quantitative estimate of drug-likeness (QED) is 0.790. The standard InChI is InChI=1S/C14H21NO3/c1-5-14(6-2,13(16)18-4)15-11-9-7-8-10-12(11)17-3/h7-10,15H,5-6H2,1-4H3. The van der Waals surface area contributed by atoms with Crippen LogP contribution < -0.4 is 10.1 Å². The van der Waals surface area contributed by atoms with Gasteiger partial charge in [-0.3, -0.25) is 0 Å². The first kappa shape index (κ1) is 14.4. The van der Waals surface area contributed by atoms with E-state index >= 15 is 0 Å². The zero-order valence-corrected chi connectivity index (χ0v) is 11.4. The van der Waals surface area contributed by atoms with Crippen LogP contribution in [0.3, 0.4) is 0 Å². The van der Waals surface area contributed by atoms with Crippen LogP contribution >= 0.6 is 0 Å². The number of hydrogen-bond acceptors (Lipinski definition) is 4. The van der Waals surface area contributed by atoms with Gasteiger partial charge in [0, 0.05) is 0 Å². The summed E-state index contributed by atoms with van der Waals surface area (Å²) in [6, 6.07) is 7.54. The van der Waals surface area contributed by atoms with Crippen LogP contribution in [-0.4, -0.2) is 25.7 Å². The number of nitrogens with one attached hydrogen (secondary N) is 1. The Kier molecular flexibility index (Phi) is 5.01. The highest BCUT2D eigenvalue weighted by Gasteiger charge is 2.36. The van der Waals surface area contributed by atoms with Crippen LogP contribution in [0.2, 0.25) is 0 Å². The molecule has 0 bridgehead atoms. The summed E-state index contributed by atoms with van der Waals surface area (Å²) in [5, 5.41) is 3.26. The van der Waals surface area contributed by atoms with Crippen molar-refractivity contribution in [2.45, 2.75) is 32.2 Å². The molecule has 1 N–H and O–H groups in total. The van der Waals surface area contributed by atoms with Crippen molar-refractivity contribution in [1.82, 2.24) is 0 Å². The predicted octanol–water partition coefficient (Wildman–Crippen LogP) is 2.84. The Bertz CT molecular complexity index is 400. The summed E-state index contributed by atoms with van der Waals surface area (Å²) in [5.74, 6) is 0.464. The summed E-state index contributed by atoms with van der Waals surface area (Å²) in [4.78, 5) is 12.0. The van der Waals surface area contributed by atoms with E-state index in [1.54, 1.807) is 7.11 Å². The van der Waals surface area contributed by atoms with Crippen molar-refractivity contribution in [3.05, 3.63) is 24.3 Å². The molecule has 0 aliphatic carbocycles. The minimum Gasteiger partial charge on any atom is -0.495 e. The third kappa shape index (κ3) is 2.75. The lowest BCUT2D eigenvalue weighted by molar-refractivity contribution is -0.146. The van der Waals surface area contributed by atoms with Crippen LogP contribution in [0.5, 0.6) is 5.75 Å². The van der Waals surface area contributed by atoms with Crippen molar-refractivity contribution in [3.63, 3.8) is 0 Å². The van der Waals surface area contributed by atoms with E-state index in [9.17, 15) is 4.79 Å². The summed E-state index contributed by atoms with van der Waals surface area (Å²) in [5.41, 5.74) is 0.0951. The molecule has 0 amide bonds. The lowest BCUT2D eigenvalue weighted by Crippen LogP contribution is -2.46. The number of methoxy groups -OCH3 is 2. The number of ether oxygens (including phenoxy) is 2. The second-order valence-electron chi connectivity index (χ2n) is 4.11. The van der Waals surface area contributed by atoms with Crippen LogP contribution in [0.1, 0.15) is 26.7 Å². The van der Waals surface area contributed by atoms with Gasteiger partial charge in [0.25, 0.3) is 0 Å². The normalized spacial score (nSPS) is 10.9. The first-order valence-corrected chi connectivity index (χ1v) is 6.13. The summed E-state index contributed by atoms with van der Waals surface area (Å²) in [6.45, 7) is 3.92. The van der Waals surface area contributed by atoms with E-state index in [2.05, 4.69) is 5.32 Å². The Morgan fingerprint density at radius 3 is 2.33 bits per heavy atom. The molecule has 0 heterocycles. The number of benzene rings is 1. The van der Waals surface area contributed by atoms with Crippen LogP contribution in [-0.2, 0) is 9.53 Å². The maximum atomic E-state index is 12.0. The summed E-state index contributed by atoms with van der Waals surface area (Å²) < 4.78 is 10.2. The first-order valence-electron chi connectivity index (χ1n) is 6.13. The van der Waals surface area contributed by atoms with Crippen LogP contribution in [0.25, 0.3) is 0 Å². The molecular formula is C14H21NO3. The van der Waals surface area contributed by atoms with E-state index in [1.807, 2.05) is 38.1 Å². The Morgan fingerprint density at radius 1 is 1.22 bits per heavy atom. The number of esters is 1. The number of hydrogen-bond donors (Lipinski definition) is 1. The van der Waals surface area contributed by atoms with Crippen molar-refractivity contribution in [3.8, 4) is 5.75 Å². The van der Waals surface area contributed by atoms with Crippen molar-refractivity contribution in [1.29, 1.82) is 0 Å². The molecule has 4 nitrogen and oxygen atoms in total. The Hall–Kier alpha value is -1.71. The maximum absolute atomic E-state index is 12.0. The highest BCUT2D eigenvalue weighted by Crippen LogP contribution is 2.30. The SMILES string of the molecule is CCC(CC)(Nc1ccccc1OC)C(=O)OC. The molecule has 0 saturated heterocycles. The summed E-state index contributed by atoms with van der Waals surface area (Å²) in [6.07, 6.45) is 1.29. The summed E-state index contributed by atoms with van der Waals surface area (Å²) >= 11 is 0. The molecule has 0 atom stereocenters. The third-order valence-electron chi connectivity index (χ3n) is 3.26. The zero-order chi connectivity index (χ0) is 13.6. The third-order valence-corrected chi connectivity index (χ3v) is 3.26. The van der Waals surface area contributed by atoms with Gasteiger partial charge in [0.05, 0.1) is 19.9 Å². The smallest absolute Gasteiger partial charge is 0.331 e. The van der Waals surface area contributed by atoms with Crippen LogP contribution in [0.4, 0.5) is 5.69 Å². The van der Waals surface area contributed by atoms with Gasteiger partial charge in [0.2, 0.25) is 0 Å². The minimum absolute atomic E-state index is 0.251. The second kappa shape index (κ2) is 6.28. The molecule has 0 saturated carbocycles. The topological polar surface area (TPSA) is 47.6 Å². The predicted molar refractivity (Wildman–Crippen MR) is 71.9 cm³/mol. The van der Waals surface area contributed by atoms with Crippen molar-refractivity contribution in [2.24, 2.45) is 0 Å². The Morgan fingerprint density at radius 2 is 1.83 bits per heavy atom. The van der Waals surface area contributed by atoms with Gasteiger partial charge in [-0.15, -0.1) is 0 Å². The lowest BCUT2D eigenvalue weighted by atomic mass is 9.92. The maximum Gasteiger partial charge on any atom is 0.331 e. The number of carbonyl (C=O) groups excluding carboxylic acids is 1. The molecule has 18 heavy (non-hydrogen) atoms. The fourth-order valence-corrected chi connectivity index (χ4v) is 1.97. The fourth-order valence-electron chi connectivity index (χ4n) is 1.97. The monoisotopic (exact) mass is 251 g/mol. The second-order valence-corrected chi connectivity index (χ2v) is 4.11. The molecule has 0 radical (unpaired) electrons. The Balaban J connectivity index is 3.07. The molecule has 0 aliphatic rings. The largest absolute Gasteiger partial charge is 0.495 e. The van der Waals surface area contributed by atoms with E-state index in [0.717, 1.165) is 5.69 Å². The molecule has 4 heteroatoms. The molecule has 0 unspecified atom stereocenters. The molecular weight excluding hydrogens is 230 g/mol. The highest BCUT2D eigenvalue weighted by atomic mass is 16.5. The van der Waals surface area contributed by atoms with Crippen molar-refractivity contribution in [2.75, 3.05) is 19.5 Å². The zero-order valence-electron chi connectivity index (χ0n) is 11.4. The highest BCUT2D eigenvalue weighted by molar-refractivity contribution is 5.85. The number of anilines is 1. The van der Waals surface area contributed by atoms with E-state index in [1.165, 1.54) is 7.11 Å². The van der Waals surface area contributed by atoms with Crippen LogP contribution in [0, 0.1) is 0 Å².